The minimum absolute atomic E-state index is 0.158. The summed E-state index contributed by atoms with van der Waals surface area (Å²) in [4.78, 5) is 22.1. The van der Waals surface area contributed by atoms with Gasteiger partial charge in [-0.15, -0.1) is 0 Å². The molecule has 1 aromatic carbocycles. The standard InChI is InChI=1S/C12H11NO3/c1-7-5-12(15)16-11-6-9(13-8(2)14)3-4-10(7)11/h3-6H,1-2H3,(H,13,14). The van der Waals surface area contributed by atoms with E-state index in [2.05, 4.69) is 5.32 Å². The van der Waals surface area contributed by atoms with Gasteiger partial charge >= 0.3 is 5.63 Å². The molecule has 1 aromatic heterocycles. The van der Waals surface area contributed by atoms with E-state index in [1.807, 2.05) is 13.0 Å². The van der Waals surface area contributed by atoms with Crippen LogP contribution in [-0.4, -0.2) is 5.91 Å². The van der Waals surface area contributed by atoms with Crippen LogP contribution in [0.25, 0.3) is 11.0 Å². The van der Waals surface area contributed by atoms with E-state index in [1.165, 1.54) is 13.0 Å². The van der Waals surface area contributed by atoms with Gasteiger partial charge in [-0.3, -0.25) is 4.79 Å². The van der Waals surface area contributed by atoms with E-state index in [9.17, 15) is 9.59 Å². The van der Waals surface area contributed by atoms with Gasteiger partial charge in [-0.1, -0.05) is 0 Å². The Morgan fingerprint density at radius 3 is 2.75 bits per heavy atom. The van der Waals surface area contributed by atoms with Gasteiger partial charge < -0.3 is 9.73 Å². The quantitative estimate of drug-likeness (QED) is 0.744. The fourth-order valence-electron chi connectivity index (χ4n) is 1.61. The van der Waals surface area contributed by atoms with Crippen LogP contribution in [0, 0.1) is 6.92 Å². The zero-order valence-corrected chi connectivity index (χ0v) is 9.03. The average molecular weight is 217 g/mol. The molecule has 2 rings (SSSR count). The third kappa shape index (κ3) is 1.95. The van der Waals surface area contributed by atoms with Gasteiger partial charge in [0.2, 0.25) is 5.91 Å². The van der Waals surface area contributed by atoms with Gasteiger partial charge in [0, 0.05) is 30.1 Å². The number of aryl methyl sites for hydroxylation is 1. The number of carbonyl (C=O) groups excluding carboxylic acids is 1. The molecule has 82 valence electrons. The molecule has 0 radical (unpaired) electrons. The lowest BCUT2D eigenvalue weighted by Gasteiger charge is -2.04. The van der Waals surface area contributed by atoms with Crippen LogP contribution in [-0.2, 0) is 4.79 Å². The maximum atomic E-state index is 11.2. The number of rotatable bonds is 1. The summed E-state index contributed by atoms with van der Waals surface area (Å²) in [6.07, 6.45) is 0. The van der Waals surface area contributed by atoms with Crippen molar-refractivity contribution in [2.45, 2.75) is 13.8 Å². The second kappa shape index (κ2) is 3.81. The van der Waals surface area contributed by atoms with Gasteiger partial charge in [0.25, 0.3) is 0 Å². The summed E-state index contributed by atoms with van der Waals surface area (Å²) < 4.78 is 5.06. The zero-order valence-electron chi connectivity index (χ0n) is 9.03. The molecule has 0 fully saturated rings. The van der Waals surface area contributed by atoms with Crippen molar-refractivity contribution in [3.8, 4) is 0 Å². The Labute approximate surface area is 91.9 Å². The summed E-state index contributed by atoms with van der Waals surface area (Å²) in [5.74, 6) is -0.158. The largest absolute Gasteiger partial charge is 0.423 e. The fraction of sp³-hybridized carbons (Fsp3) is 0.167. The first-order chi connectivity index (χ1) is 7.56. The lowest BCUT2D eigenvalue weighted by molar-refractivity contribution is -0.114. The van der Waals surface area contributed by atoms with Crippen LogP contribution in [0.1, 0.15) is 12.5 Å². The molecular weight excluding hydrogens is 206 g/mol. The van der Waals surface area contributed by atoms with E-state index in [-0.39, 0.29) is 11.5 Å². The second-order valence-corrected chi connectivity index (χ2v) is 3.64. The molecule has 0 unspecified atom stereocenters. The highest BCUT2D eigenvalue weighted by Gasteiger charge is 2.03. The van der Waals surface area contributed by atoms with Crippen molar-refractivity contribution in [2.24, 2.45) is 0 Å². The van der Waals surface area contributed by atoms with E-state index >= 15 is 0 Å². The summed E-state index contributed by atoms with van der Waals surface area (Å²) in [7, 11) is 0. The molecule has 1 amide bonds. The first-order valence-corrected chi connectivity index (χ1v) is 4.88. The molecule has 1 N–H and O–H groups in total. The third-order valence-corrected chi connectivity index (χ3v) is 2.27. The summed E-state index contributed by atoms with van der Waals surface area (Å²) in [5, 5.41) is 3.50. The van der Waals surface area contributed by atoms with E-state index in [4.69, 9.17) is 4.42 Å². The molecule has 1 heterocycles. The van der Waals surface area contributed by atoms with E-state index < -0.39 is 0 Å². The van der Waals surface area contributed by atoms with E-state index in [0.29, 0.717) is 11.3 Å². The van der Waals surface area contributed by atoms with Crippen molar-refractivity contribution >= 4 is 22.6 Å². The minimum Gasteiger partial charge on any atom is -0.423 e. The van der Waals surface area contributed by atoms with Crippen molar-refractivity contribution in [2.75, 3.05) is 5.32 Å². The number of hydrogen-bond acceptors (Lipinski definition) is 3. The molecule has 4 nitrogen and oxygen atoms in total. The van der Waals surface area contributed by atoms with Gasteiger partial charge in [0.05, 0.1) is 0 Å². The predicted octanol–water partition coefficient (Wildman–Crippen LogP) is 2.06. The molecule has 2 aromatic rings. The first-order valence-electron chi connectivity index (χ1n) is 4.88. The summed E-state index contributed by atoms with van der Waals surface area (Å²) in [5.41, 5.74) is 1.58. The minimum atomic E-state index is -0.384. The van der Waals surface area contributed by atoms with E-state index in [1.54, 1.807) is 12.1 Å². The highest BCUT2D eigenvalue weighted by Crippen LogP contribution is 2.20. The Morgan fingerprint density at radius 1 is 1.31 bits per heavy atom. The van der Waals surface area contributed by atoms with Gasteiger partial charge in [0.1, 0.15) is 5.58 Å². The van der Waals surface area contributed by atoms with Crippen molar-refractivity contribution in [3.63, 3.8) is 0 Å². The summed E-state index contributed by atoms with van der Waals surface area (Å²) >= 11 is 0. The number of fused-ring (bicyclic) bond motifs is 1. The summed E-state index contributed by atoms with van der Waals surface area (Å²) in [6.45, 7) is 3.27. The maximum absolute atomic E-state index is 11.2. The molecule has 0 saturated heterocycles. The molecule has 0 aliphatic rings. The number of amides is 1. The smallest absolute Gasteiger partial charge is 0.336 e. The number of anilines is 1. The van der Waals surface area contributed by atoms with Crippen LogP contribution in [0.15, 0.2) is 33.5 Å². The SMILES string of the molecule is CC(=O)Nc1ccc2c(C)cc(=O)oc2c1. The predicted molar refractivity (Wildman–Crippen MR) is 61.5 cm³/mol. The Bertz CT molecular complexity index is 613. The Kier molecular flexibility index (Phi) is 2.48. The summed E-state index contributed by atoms with van der Waals surface area (Å²) in [6, 6.07) is 6.68. The van der Waals surface area contributed by atoms with Crippen LogP contribution in [0.5, 0.6) is 0 Å². The van der Waals surface area contributed by atoms with Crippen LogP contribution in [0.2, 0.25) is 0 Å². The first kappa shape index (κ1) is 10.4. The number of benzene rings is 1. The highest BCUT2D eigenvalue weighted by atomic mass is 16.4. The maximum Gasteiger partial charge on any atom is 0.336 e. The molecule has 0 spiro atoms. The lowest BCUT2D eigenvalue weighted by atomic mass is 10.1. The van der Waals surface area contributed by atoms with Crippen LogP contribution in [0.3, 0.4) is 0 Å². The molecule has 0 aliphatic carbocycles. The number of nitrogens with one attached hydrogen (secondary N) is 1. The van der Waals surface area contributed by atoms with Crippen LogP contribution >= 0.6 is 0 Å². The molecule has 0 atom stereocenters. The van der Waals surface area contributed by atoms with Crippen LogP contribution in [0.4, 0.5) is 5.69 Å². The van der Waals surface area contributed by atoms with Crippen molar-refractivity contribution in [1.82, 2.24) is 0 Å². The number of hydrogen-bond donors (Lipinski definition) is 1. The number of carbonyl (C=O) groups is 1. The second-order valence-electron chi connectivity index (χ2n) is 3.64. The molecule has 0 bridgehead atoms. The monoisotopic (exact) mass is 217 g/mol. The molecule has 0 saturated carbocycles. The van der Waals surface area contributed by atoms with E-state index in [0.717, 1.165) is 10.9 Å². The van der Waals surface area contributed by atoms with Crippen molar-refractivity contribution < 1.29 is 9.21 Å². The van der Waals surface area contributed by atoms with Crippen LogP contribution < -0.4 is 10.9 Å². The van der Waals surface area contributed by atoms with Gasteiger partial charge in [-0.2, -0.15) is 0 Å². The highest BCUT2D eigenvalue weighted by molar-refractivity contribution is 5.92. The lowest BCUT2D eigenvalue weighted by Crippen LogP contribution is -2.06. The third-order valence-electron chi connectivity index (χ3n) is 2.27. The fourth-order valence-corrected chi connectivity index (χ4v) is 1.61. The Hall–Kier alpha value is -2.10. The Morgan fingerprint density at radius 2 is 2.06 bits per heavy atom. The van der Waals surface area contributed by atoms with Gasteiger partial charge in [0.15, 0.2) is 0 Å². The zero-order chi connectivity index (χ0) is 11.7. The molecule has 16 heavy (non-hydrogen) atoms. The normalized spacial score (nSPS) is 10.4. The Balaban J connectivity index is 2.61. The van der Waals surface area contributed by atoms with Crippen molar-refractivity contribution in [1.29, 1.82) is 0 Å². The van der Waals surface area contributed by atoms with Gasteiger partial charge in [-0.25, -0.2) is 4.79 Å². The molecule has 4 heteroatoms. The molecular formula is C12H11NO3. The average Bonchev–Trinajstić information content (AvgIpc) is 2.15. The van der Waals surface area contributed by atoms with Crippen molar-refractivity contribution in [3.05, 3.63) is 40.2 Å². The topological polar surface area (TPSA) is 59.3 Å². The molecule has 0 aliphatic heterocycles. The van der Waals surface area contributed by atoms with Gasteiger partial charge in [-0.05, 0) is 24.6 Å².